The zero-order valence-electron chi connectivity index (χ0n) is 15.7. The SMILES string of the molecule is C=Nc1c(C#N)ccc(N2C[C@H](CSCC(O)CO)O[C@H](C)C2)c1/N=C\C. The number of nitriles is 1. The predicted octanol–water partition coefficient (Wildman–Crippen LogP) is 2.29. The summed E-state index contributed by atoms with van der Waals surface area (Å²) in [6, 6.07) is 5.78. The summed E-state index contributed by atoms with van der Waals surface area (Å²) in [6.07, 6.45) is 0.986. The molecule has 2 N–H and O–H groups in total. The highest BCUT2D eigenvalue weighted by atomic mass is 32.2. The third-order valence-electron chi connectivity index (χ3n) is 4.16. The molecule has 1 heterocycles. The number of aliphatic hydroxyl groups excluding tert-OH is 2. The highest BCUT2D eigenvalue weighted by Crippen LogP contribution is 2.41. The van der Waals surface area contributed by atoms with Crippen molar-refractivity contribution in [2.75, 3.05) is 36.1 Å². The Hall–Kier alpha value is -1.92. The van der Waals surface area contributed by atoms with E-state index in [9.17, 15) is 10.4 Å². The Bertz CT molecular complexity index is 720. The van der Waals surface area contributed by atoms with Gasteiger partial charge in [0.25, 0.3) is 0 Å². The lowest BCUT2D eigenvalue weighted by atomic mass is 10.1. The molecule has 0 amide bonds. The van der Waals surface area contributed by atoms with Crippen LogP contribution in [0, 0.1) is 11.3 Å². The molecule has 146 valence electrons. The fourth-order valence-electron chi connectivity index (χ4n) is 3.05. The highest BCUT2D eigenvalue weighted by Gasteiger charge is 2.28. The second-order valence-electron chi connectivity index (χ2n) is 6.33. The molecule has 1 saturated heterocycles. The first kappa shape index (κ1) is 21.4. The van der Waals surface area contributed by atoms with Gasteiger partial charge in [0.15, 0.2) is 0 Å². The number of aliphatic imine (C=N–C) groups is 2. The van der Waals surface area contributed by atoms with E-state index in [1.54, 1.807) is 24.0 Å². The summed E-state index contributed by atoms with van der Waals surface area (Å²) in [5.41, 5.74) is 2.47. The number of nitrogens with zero attached hydrogens (tertiary/aromatic N) is 4. The Balaban J connectivity index is 2.23. The van der Waals surface area contributed by atoms with Crippen molar-refractivity contribution in [2.24, 2.45) is 9.98 Å². The molecular formula is C19H26N4O3S. The number of rotatable bonds is 8. The summed E-state index contributed by atoms with van der Waals surface area (Å²) < 4.78 is 6.02. The van der Waals surface area contributed by atoms with Crippen LogP contribution in [0.25, 0.3) is 0 Å². The Morgan fingerprint density at radius 3 is 2.89 bits per heavy atom. The molecule has 0 radical (unpaired) electrons. The van der Waals surface area contributed by atoms with Gasteiger partial charge in [-0.1, -0.05) is 0 Å². The summed E-state index contributed by atoms with van der Waals surface area (Å²) in [5.74, 6) is 1.19. The summed E-state index contributed by atoms with van der Waals surface area (Å²) in [6.45, 7) is 8.58. The second-order valence-corrected chi connectivity index (χ2v) is 7.41. The number of morpholine rings is 1. The average molecular weight is 391 g/mol. The molecule has 2 rings (SSSR count). The van der Waals surface area contributed by atoms with Crippen molar-refractivity contribution in [1.82, 2.24) is 0 Å². The molecule has 0 aromatic heterocycles. The van der Waals surface area contributed by atoms with E-state index in [1.165, 1.54) is 0 Å². The number of ether oxygens (including phenoxy) is 1. The van der Waals surface area contributed by atoms with Crippen LogP contribution in [0.1, 0.15) is 19.4 Å². The summed E-state index contributed by atoms with van der Waals surface area (Å²) >= 11 is 1.56. The Morgan fingerprint density at radius 1 is 1.48 bits per heavy atom. The van der Waals surface area contributed by atoms with E-state index < -0.39 is 6.10 Å². The maximum absolute atomic E-state index is 9.49. The van der Waals surface area contributed by atoms with Crippen LogP contribution < -0.4 is 4.90 Å². The standard InChI is InChI=1S/C19H26N4O3S/c1-4-22-19-17(6-5-14(7-20)18(19)21-3)23-8-13(2)26-16(9-23)12-27-11-15(25)10-24/h4-6,13,15-16,24-25H,3,8-12H2,1-2H3/b22-4-/t13-,15?,16-/m1/s1. The lowest BCUT2D eigenvalue weighted by Crippen LogP contribution is -2.47. The van der Waals surface area contributed by atoms with Gasteiger partial charge in [-0.2, -0.15) is 17.0 Å². The van der Waals surface area contributed by atoms with Crippen LogP contribution in [-0.2, 0) is 4.74 Å². The van der Waals surface area contributed by atoms with Crippen LogP contribution in [0.3, 0.4) is 0 Å². The minimum atomic E-state index is -0.711. The minimum absolute atomic E-state index is 0.0149. The first-order valence-corrected chi connectivity index (χ1v) is 9.99. The summed E-state index contributed by atoms with van der Waals surface area (Å²) in [7, 11) is 0. The van der Waals surface area contributed by atoms with Crippen LogP contribution in [0.4, 0.5) is 17.1 Å². The quantitative estimate of drug-likeness (QED) is 0.661. The second kappa shape index (κ2) is 10.4. The molecule has 1 aliphatic rings. The molecule has 1 aliphatic heterocycles. The molecule has 1 unspecified atom stereocenters. The minimum Gasteiger partial charge on any atom is -0.394 e. The first-order chi connectivity index (χ1) is 13.0. The molecule has 3 atom stereocenters. The summed E-state index contributed by atoms with van der Waals surface area (Å²) in [4.78, 5) is 10.7. The van der Waals surface area contributed by atoms with E-state index in [0.717, 1.165) is 5.69 Å². The smallest absolute Gasteiger partial charge is 0.113 e. The molecule has 0 spiro atoms. The third-order valence-corrected chi connectivity index (χ3v) is 5.39. The number of hydrogen-bond acceptors (Lipinski definition) is 8. The van der Waals surface area contributed by atoms with Crippen molar-refractivity contribution in [3.8, 4) is 6.07 Å². The average Bonchev–Trinajstić information content (AvgIpc) is 2.67. The number of benzene rings is 1. The van der Waals surface area contributed by atoms with Gasteiger partial charge < -0.3 is 19.8 Å². The monoisotopic (exact) mass is 390 g/mol. The van der Waals surface area contributed by atoms with Gasteiger partial charge in [-0.3, -0.25) is 9.98 Å². The van der Waals surface area contributed by atoms with Crippen molar-refractivity contribution in [3.05, 3.63) is 17.7 Å². The lowest BCUT2D eigenvalue weighted by molar-refractivity contribution is -0.00264. The fraction of sp³-hybridized carbons (Fsp3) is 0.526. The molecule has 0 saturated carbocycles. The van der Waals surface area contributed by atoms with Gasteiger partial charge >= 0.3 is 0 Å². The van der Waals surface area contributed by atoms with Crippen molar-refractivity contribution in [3.63, 3.8) is 0 Å². The molecule has 0 bridgehead atoms. The topological polar surface area (TPSA) is 101 Å². The van der Waals surface area contributed by atoms with Crippen molar-refractivity contribution in [1.29, 1.82) is 5.26 Å². The fourth-order valence-corrected chi connectivity index (χ4v) is 4.01. The van der Waals surface area contributed by atoms with E-state index in [1.807, 2.05) is 19.9 Å². The lowest BCUT2D eigenvalue weighted by Gasteiger charge is -2.38. The highest BCUT2D eigenvalue weighted by molar-refractivity contribution is 7.99. The Kier molecular flexibility index (Phi) is 8.25. The van der Waals surface area contributed by atoms with Crippen LogP contribution >= 0.6 is 11.8 Å². The molecule has 0 aliphatic carbocycles. The molecular weight excluding hydrogens is 364 g/mol. The predicted molar refractivity (Wildman–Crippen MR) is 111 cm³/mol. The van der Waals surface area contributed by atoms with Gasteiger partial charge in [0, 0.05) is 30.8 Å². The molecule has 1 aromatic carbocycles. The van der Waals surface area contributed by atoms with Gasteiger partial charge in [0.05, 0.1) is 36.2 Å². The molecule has 8 heteroatoms. The molecule has 1 fully saturated rings. The van der Waals surface area contributed by atoms with Gasteiger partial charge in [0.1, 0.15) is 17.4 Å². The van der Waals surface area contributed by atoms with Crippen LogP contribution in [0.2, 0.25) is 0 Å². The van der Waals surface area contributed by atoms with Gasteiger partial charge in [-0.05, 0) is 32.7 Å². The maximum atomic E-state index is 9.49. The number of hydrogen-bond donors (Lipinski definition) is 2. The van der Waals surface area contributed by atoms with Crippen molar-refractivity contribution < 1.29 is 14.9 Å². The van der Waals surface area contributed by atoms with Crippen LogP contribution in [0.5, 0.6) is 0 Å². The van der Waals surface area contributed by atoms with E-state index in [2.05, 4.69) is 27.7 Å². The third kappa shape index (κ3) is 5.53. The van der Waals surface area contributed by atoms with E-state index >= 15 is 0 Å². The van der Waals surface area contributed by atoms with E-state index in [0.29, 0.717) is 41.5 Å². The van der Waals surface area contributed by atoms with Crippen molar-refractivity contribution in [2.45, 2.75) is 32.2 Å². The number of aliphatic hydroxyl groups is 2. The van der Waals surface area contributed by atoms with E-state index in [-0.39, 0.29) is 18.8 Å². The Labute approximate surface area is 164 Å². The van der Waals surface area contributed by atoms with Gasteiger partial charge in [-0.15, -0.1) is 0 Å². The maximum Gasteiger partial charge on any atom is 0.113 e. The van der Waals surface area contributed by atoms with Crippen LogP contribution in [0.15, 0.2) is 22.1 Å². The van der Waals surface area contributed by atoms with Gasteiger partial charge in [0.2, 0.25) is 0 Å². The molecule has 7 nitrogen and oxygen atoms in total. The first-order valence-electron chi connectivity index (χ1n) is 8.83. The normalized spacial score (nSPS) is 21.2. The summed E-state index contributed by atoms with van der Waals surface area (Å²) in [5, 5.41) is 27.7. The number of thioether (sulfide) groups is 1. The van der Waals surface area contributed by atoms with Crippen molar-refractivity contribution >= 4 is 41.8 Å². The Morgan fingerprint density at radius 2 is 2.26 bits per heavy atom. The molecule has 27 heavy (non-hydrogen) atoms. The van der Waals surface area contributed by atoms with Gasteiger partial charge in [-0.25, -0.2) is 0 Å². The largest absolute Gasteiger partial charge is 0.394 e. The zero-order valence-corrected chi connectivity index (χ0v) is 16.5. The zero-order chi connectivity index (χ0) is 19.8. The van der Waals surface area contributed by atoms with E-state index in [4.69, 9.17) is 9.84 Å². The molecule has 1 aromatic rings. The van der Waals surface area contributed by atoms with Crippen LogP contribution in [-0.4, -0.2) is 72.7 Å². The number of anilines is 1.